The van der Waals surface area contributed by atoms with Crippen molar-refractivity contribution in [2.75, 3.05) is 19.0 Å². The van der Waals surface area contributed by atoms with Gasteiger partial charge in [0, 0.05) is 6.54 Å². The van der Waals surface area contributed by atoms with Crippen LogP contribution in [0.5, 0.6) is 11.5 Å². The number of anilines is 1. The molecule has 0 saturated heterocycles. The molecule has 1 atom stereocenters. The fraction of sp³-hybridized carbons (Fsp3) is 0.333. The molecule has 27 heavy (non-hydrogen) atoms. The van der Waals surface area contributed by atoms with E-state index in [1.54, 1.807) is 43.5 Å². The first-order valence-corrected chi connectivity index (χ1v) is 9.08. The van der Waals surface area contributed by atoms with Gasteiger partial charge in [0.25, 0.3) is 11.8 Å². The van der Waals surface area contributed by atoms with Gasteiger partial charge in [0.1, 0.15) is 0 Å². The number of carbonyl (C=O) groups is 2. The van der Waals surface area contributed by atoms with Gasteiger partial charge >= 0.3 is 0 Å². The summed E-state index contributed by atoms with van der Waals surface area (Å²) in [4.78, 5) is 25.0. The molecule has 2 N–H and O–H groups in total. The van der Waals surface area contributed by atoms with Gasteiger partial charge in [-0.25, -0.2) is 0 Å². The van der Waals surface area contributed by atoms with E-state index in [4.69, 9.17) is 9.47 Å². The molecule has 0 aromatic heterocycles. The van der Waals surface area contributed by atoms with Crippen LogP contribution in [0.3, 0.4) is 0 Å². The lowest BCUT2D eigenvalue weighted by atomic mass is 10.1. The highest BCUT2D eigenvalue weighted by atomic mass is 16.5. The fourth-order valence-corrected chi connectivity index (χ4v) is 2.53. The van der Waals surface area contributed by atoms with Gasteiger partial charge in [0.2, 0.25) is 0 Å². The van der Waals surface area contributed by atoms with E-state index in [-0.39, 0.29) is 11.8 Å². The van der Waals surface area contributed by atoms with Crippen molar-refractivity contribution in [1.82, 2.24) is 5.32 Å². The van der Waals surface area contributed by atoms with Crippen LogP contribution in [-0.2, 0) is 4.79 Å². The second kappa shape index (κ2) is 10.2. The minimum absolute atomic E-state index is 0.216. The molecule has 0 heterocycles. The molecule has 0 unspecified atom stereocenters. The maximum atomic E-state index is 12.7. The third-order valence-electron chi connectivity index (χ3n) is 3.97. The highest BCUT2D eigenvalue weighted by Crippen LogP contribution is 2.27. The molecule has 0 aliphatic rings. The molecule has 144 valence electrons. The molecule has 2 amide bonds. The van der Waals surface area contributed by atoms with Crippen LogP contribution < -0.4 is 20.1 Å². The highest BCUT2D eigenvalue weighted by molar-refractivity contribution is 6.04. The first-order chi connectivity index (χ1) is 13.1. The topological polar surface area (TPSA) is 76.7 Å². The Balaban J connectivity index is 2.14. The first-order valence-electron chi connectivity index (χ1n) is 9.08. The Labute approximate surface area is 159 Å². The molecule has 0 spiro atoms. The second-order valence-corrected chi connectivity index (χ2v) is 5.96. The zero-order valence-electron chi connectivity index (χ0n) is 16.0. The van der Waals surface area contributed by atoms with Crippen LogP contribution in [0.2, 0.25) is 0 Å². The molecule has 2 rings (SSSR count). The van der Waals surface area contributed by atoms with Gasteiger partial charge in [-0.05, 0) is 37.1 Å². The second-order valence-electron chi connectivity index (χ2n) is 5.96. The van der Waals surface area contributed by atoms with Crippen molar-refractivity contribution >= 4 is 17.5 Å². The van der Waals surface area contributed by atoms with Gasteiger partial charge in [0.05, 0.1) is 18.4 Å². The molecular weight excluding hydrogens is 344 g/mol. The summed E-state index contributed by atoms with van der Waals surface area (Å²) >= 11 is 0. The summed E-state index contributed by atoms with van der Waals surface area (Å²) in [6.45, 7) is 4.42. The third-order valence-corrected chi connectivity index (χ3v) is 3.97. The number of hydrogen-bond donors (Lipinski definition) is 2. The van der Waals surface area contributed by atoms with Gasteiger partial charge in [-0.2, -0.15) is 0 Å². The molecule has 0 aliphatic carbocycles. The average molecular weight is 370 g/mol. The quantitative estimate of drug-likeness (QED) is 0.707. The molecule has 0 fully saturated rings. The lowest BCUT2D eigenvalue weighted by Gasteiger charge is -2.19. The van der Waals surface area contributed by atoms with Crippen molar-refractivity contribution in [3.63, 3.8) is 0 Å². The Morgan fingerprint density at radius 1 is 1.00 bits per heavy atom. The summed E-state index contributed by atoms with van der Waals surface area (Å²) < 4.78 is 11.1. The summed E-state index contributed by atoms with van der Waals surface area (Å²) in [6, 6.07) is 14.1. The summed E-state index contributed by atoms with van der Waals surface area (Å²) in [6.07, 6.45) is 0.590. The minimum Gasteiger partial charge on any atom is -0.493 e. The Morgan fingerprint density at radius 2 is 1.67 bits per heavy atom. The smallest absolute Gasteiger partial charge is 0.265 e. The number of methoxy groups -OCH3 is 1. The minimum atomic E-state index is -0.715. The molecule has 0 bridgehead atoms. The van der Waals surface area contributed by atoms with Crippen LogP contribution in [0.25, 0.3) is 0 Å². The van der Waals surface area contributed by atoms with E-state index in [0.29, 0.717) is 35.7 Å². The zero-order chi connectivity index (χ0) is 19.6. The standard InChI is InChI=1S/C21H26N2O4/c1-4-14-22-20(24)15-10-6-7-11-16(15)23-21(25)17(5-2)27-19-13-9-8-12-18(19)26-3/h6-13,17H,4-5,14H2,1-3H3,(H,22,24)(H,23,25)/t17-/m1/s1. The number of nitrogens with one attached hydrogen (secondary N) is 2. The van der Waals surface area contributed by atoms with E-state index >= 15 is 0 Å². The van der Waals surface area contributed by atoms with Gasteiger partial charge in [-0.15, -0.1) is 0 Å². The summed E-state index contributed by atoms with van der Waals surface area (Å²) in [5.74, 6) is 0.518. The monoisotopic (exact) mass is 370 g/mol. The molecule has 0 saturated carbocycles. The molecule has 6 heteroatoms. The molecule has 2 aromatic rings. The summed E-state index contributed by atoms with van der Waals surface area (Å²) in [5, 5.41) is 5.63. The van der Waals surface area contributed by atoms with Crippen molar-refractivity contribution in [2.45, 2.75) is 32.8 Å². The first kappa shape index (κ1) is 20.3. The van der Waals surface area contributed by atoms with Crippen molar-refractivity contribution in [3.05, 3.63) is 54.1 Å². The Morgan fingerprint density at radius 3 is 2.33 bits per heavy atom. The lowest BCUT2D eigenvalue weighted by Crippen LogP contribution is -2.33. The summed E-state index contributed by atoms with van der Waals surface area (Å²) in [5.41, 5.74) is 0.879. The maximum absolute atomic E-state index is 12.7. The normalized spacial score (nSPS) is 11.4. The van der Waals surface area contributed by atoms with Crippen LogP contribution in [-0.4, -0.2) is 31.6 Å². The van der Waals surface area contributed by atoms with Crippen LogP contribution in [0.15, 0.2) is 48.5 Å². The molecule has 0 aliphatic heterocycles. The molecular formula is C21H26N2O4. The number of para-hydroxylation sites is 3. The maximum Gasteiger partial charge on any atom is 0.265 e. The number of ether oxygens (including phenoxy) is 2. The highest BCUT2D eigenvalue weighted by Gasteiger charge is 2.22. The summed E-state index contributed by atoms with van der Waals surface area (Å²) in [7, 11) is 1.55. The fourth-order valence-electron chi connectivity index (χ4n) is 2.53. The molecule has 6 nitrogen and oxygen atoms in total. The van der Waals surface area contributed by atoms with E-state index in [2.05, 4.69) is 10.6 Å². The van der Waals surface area contributed by atoms with Crippen molar-refractivity contribution in [1.29, 1.82) is 0 Å². The van der Waals surface area contributed by atoms with Crippen LogP contribution >= 0.6 is 0 Å². The lowest BCUT2D eigenvalue weighted by molar-refractivity contribution is -0.122. The van der Waals surface area contributed by atoms with Crippen molar-refractivity contribution in [3.8, 4) is 11.5 Å². The predicted octanol–water partition coefficient (Wildman–Crippen LogP) is 3.63. The van der Waals surface area contributed by atoms with Crippen molar-refractivity contribution in [2.24, 2.45) is 0 Å². The van der Waals surface area contributed by atoms with Crippen LogP contribution in [0.4, 0.5) is 5.69 Å². The van der Waals surface area contributed by atoms with Crippen molar-refractivity contribution < 1.29 is 19.1 Å². The van der Waals surface area contributed by atoms with E-state index in [1.807, 2.05) is 26.0 Å². The number of rotatable bonds is 9. The SMILES string of the molecule is CCCNC(=O)c1ccccc1NC(=O)[C@@H](CC)Oc1ccccc1OC. The van der Waals surface area contributed by atoms with Gasteiger partial charge in [0.15, 0.2) is 17.6 Å². The number of carbonyl (C=O) groups excluding carboxylic acids is 2. The average Bonchev–Trinajstić information content (AvgIpc) is 2.70. The van der Waals surface area contributed by atoms with Gasteiger partial charge in [-0.3, -0.25) is 9.59 Å². The Kier molecular flexibility index (Phi) is 7.67. The predicted molar refractivity (Wildman–Crippen MR) is 105 cm³/mol. The number of benzene rings is 2. The largest absolute Gasteiger partial charge is 0.493 e. The van der Waals surface area contributed by atoms with Crippen LogP contribution in [0, 0.1) is 0 Å². The van der Waals surface area contributed by atoms with E-state index in [1.165, 1.54) is 0 Å². The Hall–Kier alpha value is -3.02. The number of hydrogen-bond acceptors (Lipinski definition) is 4. The Bertz CT molecular complexity index is 776. The molecule has 2 aromatic carbocycles. The van der Waals surface area contributed by atoms with Crippen LogP contribution in [0.1, 0.15) is 37.0 Å². The van der Waals surface area contributed by atoms with E-state index in [0.717, 1.165) is 6.42 Å². The zero-order valence-corrected chi connectivity index (χ0v) is 16.0. The van der Waals surface area contributed by atoms with E-state index < -0.39 is 6.10 Å². The van der Waals surface area contributed by atoms with Gasteiger partial charge < -0.3 is 20.1 Å². The van der Waals surface area contributed by atoms with Gasteiger partial charge in [-0.1, -0.05) is 38.1 Å². The van der Waals surface area contributed by atoms with E-state index in [9.17, 15) is 9.59 Å². The number of amides is 2. The third kappa shape index (κ3) is 5.48. The molecule has 0 radical (unpaired) electrons.